The Labute approximate surface area is 255 Å². The molecule has 10 nitrogen and oxygen atoms in total. The number of benzene rings is 1. The number of carboxylic acids is 1. The van der Waals surface area contributed by atoms with E-state index in [0.29, 0.717) is 51.9 Å². The Morgan fingerprint density at radius 2 is 1.74 bits per heavy atom. The summed E-state index contributed by atoms with van der Waals surface area (Å²) in [4.78, 5) is 29.6. The molecule has 3 saturated heterocycles. The van der Waals surface area contributed by atoms with Gasteiger partial charge in [-0.3, -0.25) is 9.69 Å². The highest BCUT2D eigenvalue weighted by atomic mass is 35.5. The van der Waals surface area contributed by atoms with E-state index in [9.17, 15) is 4.79 Å². The highest BCUT2D eigenvalue weighted by Gasteiger charge is 2.29. The van der Waals surface area contributed by atoms with E-state index in [2.05, 4.69) is 25.1 Å². The maximum Gasteiger partial charge on any atom is 0.303 e. The van der Waals surface area contributed by atoms with Crippen molar-refractivity contribution in [1.29, 1.82) is 0 Å². The van der Waals surface area contributed by atoms with E-state index in [1.807, 2.05) is 24.3 Å². The molecule has 3 aromatic rings. The SMILES string of the molecule is O=C(O)CC1CCN(Cc2cc(Oc3cnc(N4CCC(NC5COC5)C4)nc3)nc(-c3cc(Cl)cc(Cl)c3)c2)CC1. The largest absolute Gasteiger partial charge is 0.481 e. The van der Waals surface area contributed by atoms with Crippen molar-refractivity contribution in [3.05, 3.63) is 58.3 Å². The van der Waals surface area contributed by atoms with E-state index >= 15 is 0 Å². The van der Waals surface area contributed by atoms with Crippen LogP contribution in [0.1, 0.15) is 31.2 Å². The molecule has 6 rings (SSSR count). The van der Waals surface area contributed by atoms with Crippen LogP contribution in [-0.4, -0.2) is 82.4 Å². The third-order valence-electron chi connectivity index (χ3n) is 8.01. The van der Waals surface area contributed by atoms with E-state index in [1.54, 1.807) is 18.5 Å². The highest BCUT2D eigenvalue weighted by molar-refractivity contribution is 6.35. The molecular formula is C30H34Cl2N6O4. The summed E-state index contributed by atoms with van der Waals surface area (Å²) in [7, 11) is 0. The molecule has 1 atom stereocenters. The minimum absolute atomic E-state index is 0.224. The molecule has 5 heterocycles. The molecule has 1 unspecified atom stereocenters. The van der Waals surface area contributed by atoms with Crippen molar-refractivity contribution in [2.45, 2.75) is 44.3 Å². The van der Waals surface area contributed by atoms with E-state index in [1.165, 1.54) is 0 Å². The van der Waals surface area contributed by atoms with Crippen molar-refractivity contribution in [2.24, 2.45) is 5.92 Å². The number of carboxylic acid groups (broad SMARTS) is 1. The van der Waals surface area contributed by atoms with Crippen LogP contribution in [0.2, 0.25) is 10.0 Å². The molecule has 3 aliphatic rings. The molecule has 42 heavy (non-hydrogen) atoms. The predicted molar refractivity (Wildman–Crippen MR) is 160 cm³/mol. The van der Waals surface area contributed by atoms with Crippen molar-refractivity contribution < 1.29 is 19.4 Å². The fraction of sp³-hybridized carbons (Fsp3) is 0.467. The second-order valence-corrected chi connectivity index (χ2v) is 12.2. The Bertz CT molecular complexity index is 1380. The van der Waals surface area contributed by atoms with E-state index < -0.39 is 5.97 Å². The number of anilines is 1. The molecule has 0 spiro atoms. The van der Waals surface area contributed by atoms with Crippen LogP contribution in [0, 0.1) is 5.92 Å². The fourth-order valence-corrected chi connectivity index (χ4v) is 6.32. The van der Waals surface area contributed by atoms with Gasteiger partial charge in [0.05, 0.1) is 37.3 Å². The summed E-state index contributed by atoms with van der Waals surface area (Å²) in [5.41, 5.74) is 2.50. The summed E-state index contributed by atoms with van der Waals surface area (Å²) in [6.45, 7) is 5.69. The first-order valence-electron chi connectivity index (χ1n) is 14.4. The summed E-state index contributed by atoms with van der Waals surface area (Å²) in [6.07, 6.45) is 6.36. The summed E-state index contributed by atoms with van der Waals surface area (Å²) in [6, 6.07) is 10.1. The van der Waals surface area contributed by atoms with Crippen LogP contribution in [0.15, 0.2) is 42.7 Å². The molecule has 1 aromatic carbocycles. The molecule has 222 valence electrons. The Balaban J connectivity index is 1.16. The van der Waals surface area contributed by atoms with Gasteiger partial charge in [0.15, 0.2) is 5.75 Å². The minimum Gasteiger partial charge on any atom is -0.481 e. The van der Waals surface area contributed by atoms with Gasteiger partial charge in [0.2, 0.25) is 11.8 Å². The van der Waals surface area contributed by atoms with Crippen LogP contribution in [0.3, 0.4) is 0 Å². The molecule has 3 fully saturated rings. The van der Waals surface area contributed by atoms with Gasteiger partial charge in [-0.1, -0.05) is 23.2 Å². The molecule has 0 amide bonds. The van der Waals surface area contributed by atoms with Crippen LogP contribution in [0.5, 0.6) is 11.6 Å². The highest BCUT2D eigenvalue weighted by Crippen LogP contribution is 2.31. The maximum atomic E-state index is 11.1. The second-order valence-electron chi connectivity index (χ2n) is 11.3. The topological polar surface area (TPSA) is 113 Å². The lowest BCUT2D eigenvalue weighted by molar-refractivity contribution is -0.138. The van der Waals surface area contributed by atoms with Gasteiger partial charge in [0.1, 0.15) is 0 Å². The van der Waals surface area contributed by atoms with Crippen LogP contribution in [0.4, 0.5) is 5.95 Å². The summed E-state index contributed by atoms with van der Waals surface area (Å²) < 4.78 is 11.4. The van der Waals surface area contributed by atoms with Crippen LogP contribution in [0.25, 0.3) is 11.3 Å². The van der Waals surface area contributed by atoms with Crippen molar-refractivity contribution in [2.75, 3.05) is 44.3 Å². The third-order valence-corrected chi connectivity index (χ3v) is 8.45. The zero-order valence-electron chi connectivity index (χ0n) is 23.2. The lowest BCUT2D eigenvalue weighted by Gasteiger charge is -2.31. The predicted octanol–water partition coefficient (Wildman–Crippen LogP) is 4.89. The molecule has 0 aliphatic carbocycles. The Kier molecular flexibility index (Phi) is 9.06. The van der Waals surface area contributed by atoms with Gasteiger partial charge >= 0.3 is 5.97 Å². The minimum atomic E-state index is -0.729. The number of nitrogens with one attached hydrogen (secondary N) is 1. The number of pyridine rings is 1. The standard InChI is InChI=1S/C30H34Cl2N6O4/c31-22-10-21(11-23(32)12-22)27-7-20(15-37-4-1-19(2-5-37)9-29(39)40)8-28(36-27)42-26-13-33-30(34-14-26)38-6-3-24(16-38)35-25-17-41-18-25/h7-8,10-14,19,24-25,35H,1-6,9,15-18H2,(H,39,40). The van der Waals surface area contributed by atoms with E-state index in [0.717, 1.165) is 69.8 Å². The van der Waals surface area contributed by atoms with Gasteiger partial charge in [-0.15, -0.1) is 0 Å². The molecule has 3 aliphatic heterocycles. The first-order chi connectivity index (χ1) is 20.4. The smallest absolute Gasteiger partial charge is 0.303 e. The van der Waals surface area contributed by atoms with Crippen molar-refractivity contribution in [1.82, 2.24) is 25.2 Å². The number of hydrogen-bond donors (Lipinski definition) is 2. The number of carbonyl (C=O) groups is 1. The van der Waals surface area contributed by atoms with Gasteiger partial charge in [-0.05, 0) is 68.1 Å². The molecule has 12 heteroatoms. The number of aromatic nitrogens is 3. The van der Waals surface area contributed by atoms with Crippen molar-refractivity contribution in [3.63, 3.8) is 0 Å². The van der Waals surface area contributed by atoms with Crippen LogP contribution >= 0.6 is 23.2 Å². The first-order valence-corrected chi connectivity index (χ1v) is 15.1. The molecular weight excluding hydrogens is 579 g/mol. The van der Waals surface area contributed by atoms with Gasteiger partial charge < -0.3 is 24.8 Å². The number of piperidine rings is 1. The number of likely N-dealkylation sites (tertiary alicyclic amines) is 1. The lowest BCUT2D eigenvalue weighted by Crippen LogP contribution is -2.51. The summed E-state index contributed by atoms with van der Waals surface area (Å²) >= 11 is 12.6. The van der Waals surface area contributed by atoms with Gasteiger partial charge in [0.25, 0.3) is 0 Å². The normalized spacial score (nSPS) is 20.0. The first kappa shape index (κ1) is 29.1. The number of halogens is 2. The number of aliphatic carboxylic acids is 1. The van der Waals surface area contributed by atoms with E-state index in [4.69, 9.17) is 42.8 Å². The van der Waals surface area contributed by atoms with Crippen molar-refractivity contribution in [3.8, 4) is 22.9 Å². The second kappa shape index (κ2) is 13.1. The molecule has 0 saturated carbocycles. The van der Waals surface area contributed by atoms with Gasteiger partial charge in [-0.2, -0.15) is 0 Å². The van der Waals surface area contributed by atoms with Gasteiger partial charge in [0, 0.05) is 53.8 Å². The fourth-order valence-electron chi connectivity index (χ4n) is 5.80. The maximum absolute atomic E-state index is 11.1. The quantitative estimate of drug-likeness (QED) is 0.328. The van der Waals surface area contributed by atoms with Crippen LogP contribution < -0.4 is 15.0 Å². The van der Waals surface area contributed by atoms with Gasteiger partial charge in [-0.25, -0.2) is 15.0 Å². The van der Waals surface area contributed by atoms with E-state index in [-0.39, 0.29) is 12.3 Å². The average molecular weight is 614 g/mol. The summed E-state index contributed by atoms with van der Waals surface area (Å²) in [5.74, 6) is 1.09. The summed E-state index contributed by atoms with van der Waals surface area (Å²) in [5, 5.41) is 13.8. The zero-order chi connectivity index (χ0) is 29.1. The molecule has 0 radical (unpaired) electrons. The Morgan fingerprint density at radius 3 is 2.40 bits per heavy atom. The molecule has 0 bridgehead atoms. The Hall–Kier alpha value is -3.02. The monoisotopic (exact) mass is 612 g/mol. The zero-order valence-corrected chi connectivity index (χ0v) is 24.7. The average Bonchev–Trinajstić information content (AvgIpc) is 3.40. The number of rotatable bonds is 10. The Morgan fingerprint density at radius 1 is 1.00 bits per heavy atom. The third kappa shape index (κ3) is 7.48. The number of nitrogens with zero attached hydrogens (tertiary/aromatic N) is 5. The number of ether oxygens (including phenoxy) is 2. The molecule has 2 N–H and O–H groups in total. The lowest BCUT2D eigenvalue weighted by atomic mass is 9.93. The van der Waals surface area contributed by atoms with Crippen LogP contribution in [-0.2, 0) is 16.1 Å². The van der Waals surface area contributed by atoms with Crippen molar-refractivity contribution >= 4 is 35.1 Å². The number of hydrogen-bond acceptors (Lipinski definition) is 9. The molecule has 2 aromatic heterocycles.